The number of aryl methyl sites for hydroxylation is 1. The molecule has 0 unspecified atom stereocenters. The van der Waals surface area contributed by atoms with Crippen molar-refractivity contribution in [3.05, 3.63) is 101 Å². The fourth-order valence-electron chi connectivity index (χ4n) is 3.39. The molecule has 0 radical (unpaired) electrons. The molecule has 0 bridgehead atoms. The molecule has 1 atom stereocenters. The summed E-state index contributed by atoms with van der Waals surface area (Å²) in [5, 5.41) is 13.6. The topological polar surface area (TPSA) is 87.8 Å². The Kier molecular flexibility index (Phi) is 7.09. The number of hydrogen-bond donors (Lipinski definition) is 2. The molecule has 0 aliphatic heterocycles. The van der Waals surface area contributed by atoms with E-state index in [0.717, 1.165) is 36.4 Å². The van der Waals surface area contributed by atoms with Gasteiger partial charge < -0.3 is 10.4 Å². The Morgan fingerprint density at radius 2 is 1.62 bits per heavy atom. The molecule has 3 aromatic carbocycles. The molecule has 10 heteroatoms. The summed E-state index contributed by atoms with van der Waals surface area (Å²) in [6, 6.07) is 10.4. The summed E-state index contributed by atoms with van der Waals surface area (Å²) >= 11 is 0. The summed E-state index contributed by atoms with van der Waals surface area (Å²) in [5.41, 5.74) is -1.76. The molecule has 2 N–H and O–H groups in total. The highest BCUT2D eigenvalue weighted by Crippen LogP contribution is 2.26. The van der Waals surface area contributed by atoms with Gasteiger partial charge in [-0.3, -0.25) is 4.79 Å². The predicted molar refractivity (Wildman–Crippen MR) is 120 cm³/mol. The van der Waals surface area contributed by atoms with Crippen LogP contribution in [0.5, 0.6) is 0 Å². The Bertz CT molecular complexity index is 1370. The molecule has 0 saturated carbocycles. The van der Waals surface area contributed by atoms with Crippen LogP contribution in [-0.2, 0) is 21.1 Å². The molecule has 176 valence electrons. The zero-order chi connectivity index (χ0) is 25.1. The molecule has 3 rings (SSSR count). The maximum Gasteiger partial charge on any atom is 0.257 e. The van der Waals surface area contributed by atoms with Crippen molar-refractivity contribution in [1.82, 2.24) is 0 Å². The number of benzene rings is 3. The third-order valence-corrected chi connectivity index (χ3v) is 6.87. The van der Waals surface area contributed by atoms with E-state index in [2.05, 4.69) is 10.2 Å². The second kappa shape index (κ2) is 9.67. The monoisotopic (exact) mass is 488 g/mol. The van der Waals surface area contributed by atoms with Crippen LogP contribution in [0.1, 0.15) is 11.1 Å². The van der Waals surface area contributed by atoms with Crippen LogP contribution in [0.4, 0.5) is 24.5 Å². The van der Waals surface area contributed by atoms with E-state index >= 15 is 0 Å². The number of sulfone groups is 1. The molecule has 1 amide bonds. The summed E-state index contributed by atoms with van der Waals surface area (Å²) in [4.78, 5) is 16.1. The van der Waals surface area contributed by atoms with Crippen LogP contribution in [0.2, 0.25) is 0 Å². The van der Waals surface area contributed by atoms with Gasteiger partial charge in [0.05, 0.1) is 17.2 Å². The molecule has 0 heterocycles. The summed E-state index contributed by atoms with van der Waals surface area (Å²) in [6.07, 6.45) is -0.729. The number of hydrogen-bond acceptors (Lipinski definition) is 4. The lowest BCUT2D eigenvalue weighted by Gasteiger charge is -2.27. The van der Waals surface area contributed by atoms with E-state index < -0.39 is 51.0 Å². The first kappa shape index (κ1) is 25.0. The van der Waals surface area contributed by atoms with Crippen molar-refractivity contribution in [3.63, 3.8) is 0 Å². The Labute approximate surface area is 194 Å². The van der Waals surface area contributed by atoms with Crippen LogP contribution in [0.3, 0.4) is 0 Å². The second-order valence-electron chi connectivity index (χ2n) is 7.77. The highest BCUT2D eigenvalue weighted by molar-refractivity contribution is 7.91. The molecule has 0 fully saturated rings. The fourth-order valence-corrected chi connectivity index (χ4v) is 4.97. The zero-order valence-corrected chi connectivity index (χ0v) is 18.7. The minimum Gasteiger partial charge on any atom is -0.379 e. The lowest BCUT2D eigenvalue weighted by atomic mass is 9.95. The van der Waals surface area contributed by atoms with E-state index in [1.165, 1.54) is 18.2 Å². The van der Waals surface area contributed by atoms with E-state index in [1.54, 1.807) is 6.92 Å². The molecule has 6 nitrogen and oxygen atoms in total. The third kappa shape index (κ3) is 5.81. The van der Waals surface area contributed by atoms with Crippen molar-refractivity contribution in [2.75, 3.05) is 11.1 Å². The third-order valence-electron chi connectivity index (χ3n) is 5.02. The van der Waals surface area contributed by atoms with E-state index in [-0.39, 0.29) is 16.1 Å². The van der Waals surface area contributed by atoms with E-state index in [4.69, 9.17) is 6.57 Å². The number of anilines is 1. The molecule has 0 aliphatic carbocycles. The second-order valence-corrected chi connectivity index (χ2v) is 9.76. The lowest BCUT2D eigenvalue weighted by Crippen LogP contribution is -2.50. The summed E-state index contributed by atoms with van der Waals surface area (Å²) in [6.45, 7) is 8.72. The normalized spacial score (nSPS) is 13.1. The minimum atomic E-state index is -4.34. The molecular formula is C24H19F3N2O4S. The van der Waals surface area contributed by atoms with Gasteiger partial charge in [0.15, 0.2) is 21.1 Å². The average Bonchev–Trinajstić information content (AvgIpc) is 2.73. The summed E-state index contributed by atoms with van der Waals surface area (Å²) in [7, 11) is -4.34. The fraction of sp³-hybridized carbons (Fsp3) is 0.167. The van der Waals surface area contributed by atoms with Crippen molar-refractivity contribution in [2.45, 2.75) is 23.8 Å². The lowest BCUT2D eigenvalue weighted by molar-refractivity contribution is -0.131. The number of nitrogens with one attached hydrogen (secondary N) is 1. The number of nitrogens with zero attached hydrogens (tertiary/aromatic N) is 1. The van der Waals surface area contributed by atoms with Gasteiger partial charge in [-0.25, -0.2) is 26.4 Å². The Morgan fingerprint density at radius 3 is 2.18 bits per heavy atom. The SMILES string of the molecule is [C-]#[N+]c1ccc(NC(=O)[C@](O)(Cc2cc(F)cc(F)c2)CS(=O)(=O)c2ccc(F)cc2)cc1C. The van der Waals surface area contributed by atoms with Gasteiger partial charge in [0.1, 0.15) is 17.5 Å². The van der Waals surface area contributed by atoms with Gasteiger partial charge in [0.25, 0.3) is 5.91 Å². The van der Waals surface area contributed by atoms with E-state index in [9.17, 15) is 31.5 Å². The number of aliphatic hydroxyl groups is 1. The quantitative estimate of drug-likeness (QED) is 0.382. The number of carbonyl (C=O) groups excluding carboxylic acids is 1. The Hall–Kier alpha value is -3.68. The summed E-state index contributed by atoms with van der Waals surface area (Å²) < 4.78 is 66.5. The van der Waals surface area contributed by atoms with Gasteiger partial charge in [-0.05, 0) is 66.6 Å². The van der Waals surface area contributed by atoms with Gasteiger partial charge in [0, 0.05) is 18.2 Å². The molecule has 0 saturated heterocycles. The van der Waals surface area contributed by atoms with Crippen LogP contribution in [-0.4, -0.2) is 30.8 Å². The van der Waals surface area contributed by atoms with Gasteiger partial charge in [0.2, 0.25) is 0 Å². The van der Waals surface area contributed by atoms with Gasteiger partial charge in [-0.15, -0.1) is 0 Å². The minimum absolute atomic E-state index is 0.149. The van der Waals surface area contributed by atoms with Gasteiger partial charge >= 0.3 is 0 Å². The van der Waals surface area contributed by atoms with Crippen molar-refractivity contribution < 1.29 is 31.5 Å². The van der Waals surface area contributed by atoms with Crippen LogP contribution < -0.4 is 5.32 Å². The van der Waals surface area contributed by atoms with Gasteiger partial charge in [-0.2, -0.15) is 0 Å². The van der Waals surface area contributed by atoms with Crippen molar-refractivity contribution in [3.8, 4) is 0 Å². The Balaban J connectivity index is 1.99. The largest absolute Gasteiger partial charge is 0.379 e. The average molecular weight is 488 g/mol. The van der Waals surface area contributed by atoms with E-state index in [1.807, 2.05) is 0 Å². The smallest absolute Gasteiger partial charge is 0.257 e. The molecule has 3 aromatic rings. The van der Waals surface area contributed by atoms with Crippen molar-refractivity contribution in [1.29, 1.82) is 0 Å². The Morgan fingerprint density at radius 1 is 1.00 bits per heavy atom. The molecule has 0 spiro atoms. The standard InChI is InChI=1S/C24H19F3N2O4S/c1-15-9-20(5-8-22(15)28-2)29-23(30)24(31,13-16-10-18(26)12-19(27)11-16)14-34(32,33)21-6-3-17(25)4-7-21/h3-12,31H,13-14H2,1H3,(H,29,30)/t24-/m0/s1. The number of halogens is 3. The van der Waals surface area contributed by atoms with Crippen LogP contribution in [0.25, 0.3) is 4.85 Å². The molecular weight excluding hydrogens is 469 g/mol. The number of rotatable bonds is 7. The van der Waals surface area contributed by atoms with Crippen LogP contribution in [0, 0.1) is 30.9 Å². The maximum absolute atomic E-state index is 13.7. The first-order chi connectivity index (χ1) is 15.9. The molecule has 0 aliphatic rings. The highest BCUT2D eigenvalue weighted by Gasteiger charge is 2.41. The molecule has 0 aromatic heterocycles. The summed E-state index contributed by atoms with van der Waals surface area (Å²) in [5.74, 6) is -4.90. The van der Waals surface area contributed by atoms with Crippen molar-refractivity contribution in [2.24, 2.45) is 0 Å². The predicted octanol–water partition coefficient (Wildman–Crippen LogP) is 4.35. The first-order valence-electron chi connectivity index (χ1n) is 9.87. The first-order valence-corrected chi connectivity index (χ1v) is 11.5. The van der Waals surface area contributed by atoms with E-state index in [0.29, 0.717) is 17.3 Å². The zero-order valence-electron chi connectivity index (χ0n) is 17.8. The number of carbonyl (C=O) groups is 1. The number of amides is 1. The van der Waals surface area contributed by atoms with Crippen molar-refractivity contribution >= 4 is 27.1 Å². The highest BCUT2D eigenvalue weighted by atomic mass is 32.2. The maximum atomic E-state index is 13.7. The van der Waals surface area contributed by atoms with Crippen LogP contribution in [0.15, 0.2) is 65.6 Å². The van der Waals surface area contributed by atoms with Crippen LogP contribution >= 0.6 is 0 Å². The molecule has 34 heavy (non-hydrogen) atoms. The van der Waals surface area contributed by atoms with Gasteiger partial charge in [-0.1, -0.05) is 6.07 Å².